The molecule has 2 N–H and O–H groups in total. The molecule has 1 heterocycles. The van der Waals surface area contributed by atoms with Gasteiger partial charge in [-0.2, -0.15) is 17.5 Å². The molecule has 20 heavy (non-hydrogen) atoms. The maximum absolute atomic E-state index is 12.9. The topological polar surface area (TPSA) is 63.4 Å². The second-order valence-electron chi connectivity index (χ2n) is 4.76. The summed E-state index contributed by atoms with van der Waals surface area (Å²) in [6.45, 7) is 0.247. The molecule has 0 radical (unpaired) electrons. The summed E-state index contributed by atoms with van der Waals surface area (Å²) >= 11 is 0. The van der Waals surface area contributed by atoms with Crippen molar-refractivity contribution >= 4 is 10.0 Å². The first kappa shape index (κ1) is 15.3. The lowest BCUT2D eigenvalue weighted by atomic mass is 10.1. The largest absolute Gasteiger partial charge is 0.417 e. The molecule has 1 aliphatic rings. The third kappa shape index (κ3) is 2.97. The van der Waals surface area contributed by atoms with Crippen LogP contribution in [0.4, 0.5) is 13.2 Å². The molecule has 8 heteroatoms. The van der Waals surface area contributed by atoms with Crippen LogP contribution in [-0.4, -0.2) is 31.9 Å². The quantitative estimate of drug-likeness (QED) is 0.906. The van der Waals surface area contributed by atoms with E-state index >= 15 is 0 Å². The second kappa shape index (κ2) is 5.34. The number of nitrogens with zero attached hydrogens (tertiary/aromatic N) is 1. The number of rotatable bonds is 2. The van der Waals surface area contributed by atoms with Gasteiger partial charge in [0, 0.05) is 19.1 Å². The molecule has 2 rings (SSSR count). The molecule has 0 bridgehead atoms. The Kier molecular flexibility index (Phi) is 4.08. The average molecular weight is 308 g/mol. The fourth-order valence-electron chi connectivity index (χ4n) is 2.26. The normalized spacial score (nSPS) is 21.9. The third-order valence-corrected chi connectivity index (χ3v) is 5.15. The molecule has 0 amide bonds. The number of hydrogen-bond donors (Lipinski definition) is 1. The zero-order valence-electron chi connectivity index (χ0n) is 10.6. The van der Waals surface area contributed by atoms with Gasteiger partial charge < -0.3 is 5.73 Å². The van der Waals surface area contributed by atoms with Crippen LogP contribution >= 0.6 is 0 Å². The van der Waals surface area contributed by atoms with Crippen LogP contribution in [0.1, 0.15) is 18.4 Å². The predicted octanol–water partition coefficient (Wildman–Crippen LogP) is 1.82. The van der Waals surface area contributed by atoms with Crippen molar-refractivity contribution in [3.8, 4) is 0 Å². The molecule has 0 spiro atoms. The molecule has 1 saturated heterocycles. The summed E-state index contributed by atoms with van der Waals surface area (Å²) in [6.07, 6.45) is -3.48. The van der Waals surface area contributed by atoms with Crippen LogP contribution < -0.4 is 5.73 Å². The van der Waals surface area contributed by atoms with Crippen LogP contribution in [-0.2, 0) is 16.2 Å². The first-order chi connectivity index (χ1) is 9.23. The molecule has 0 aliphatic carbocycles. The molecule has 112 valence electrons. The molecule has 1 fully saturated rings. The Hall–Kier alpha value is -1.12. The number of alkyl halides is 3. The summed E-state index contributed by atoms with van der Waals surface area (Å²) in [5.41, 5.74) is 4.56. The average Bonchev–Trinajstić information content (AvgIpc) is 2.38. The van der Waals surface area contributed by atoms with Crippen molar-refractivity contribution in [1.82, 2.24) is 4.31 Å². The second-order valence-corrected chi connectivity index (χ2v) is 6.67. The van der Waals surface area contributed by atoms with Gasteiger partial charge >= 0.3 is 6.18 Å². The van der Waals surface area contributed by atoms with Crippen molar-refractivity contribution in [3.05, 3.63) is 29.8 Å². The van der Waals surface area contributed by atoms with Gasteiger partial charge in [-0.05, 0) is 25.0 Å². The number of benzene rings is 1. The van der Waals surface area contributed by atoms with Gasteiger partial charge in [-0.3, -0.25) is 0 Å². The highest BCUT2D eigenvalue weighted by Crippen LogP contribution is 2.35. The molecule has 0 unspecified atom stereocenters. The van der Waals surface area contributed by atoms with Gasteiger partial charge in [0.1, 0.15) is 0 Å². The monoisotopic (exact) mass is 308 g/mol. The minimum atomic E-state index is -4.71. The van der Waals surface area contributed by atoms with E-state index in [1.807, 2.05) is 0 Å². The number of nitrogens with two attached hydrogens (primary N) is 1. The third-order valence-electron chi connectivity index (χ3n) is 3.23. The Bertz CT molecular complexity index is 587. The van der Waals surface area contributed by atoms with Crippen LogP contribution in [0, 0.1) is 0 Å². The highest BCUT2D eigenvalue weighted by Gasteiger charge is 2.39. The Morgan fingerprint density at radius 3 is 2.50 bits per heavy atom. The van der Waals surface area contributed by atoms with E-state index in [4.69, 9.17) is 5.73 Å². The standard InChI is InChI=1S/C12H15F3N2O2S/c13-12(14,15)10-5-1-2-6-11(10)20(18,19)17-7-3-4-9(16)8-17/h1-2,5-6,9H,3-4,7-8,16H2/t9-/m0/s1. The van der Waals surface area contributed by atoms with Crippen molar-refractivity contribution in [1.29, 1.82) is 0 Å². The summed E-state index contributed by atoms with van der Waals surface area (Å²) in [4.78, 5) is -0.707. The van der Waals surface area contributed by atoms with E-state index in [-0.39, 0.29) is 19.1 Å². The van der Waals surface area contributed by atoms with Gasteiger partial charge in [0.15, 0.2) is 0 Å². The Morgan fingerprint density at radius 1 is 1.25 bits per heavy atom. The minimum absolute atomic E-state index is 0.0501. The van der Waals surface area contributed by atoms with Crippen molar-refractivity contribution in [3.63, 3.8) is 0 Å². The zero-order valence-corrected chi connectivity index (χ0v) is 11.4. The summed E-state index contributed by atoms with van der Waals surface area (Å²) in [7, 11) is -4.18. The highest BCUT2D eigenvalue weighted by atomic mass is 32.2. The number of piperidine rings is 1. The molecule has 4 nitrogen and oxygen atoms in total. The van der Waals surface area contributed by atoms with E-state index in [1.54, 1.807) is 0 Å². The smallest absolute Gasteiger partial charge is 0.327 e. The fourth-order valence-corrected chi connectivity index (χ4v) is 4.00. The predicted molar refractivity (Wildman–Crippen MR) is 67.4 cm³/mol. The van der Waals surface area contributed by atoms with E-state index in [1.165, 1.54) is 12.1 Å². The minimum Gasteiger partial charge on any atom is -0.327 e. The van der Waals surface area contributed by atoms with E-state index in [2.05, 4.69) is 0 Å². The Balaban J connectivity index is 2.45. The van der Waals surface area contributed by atoms with Gasteiger partial charge in [0.25, 0.3) is 0 Å². The molecule has 1 aliphatic heterocycles. The Labute approximate surface area is 115 Å². The van der Waals surface area contributed by atoms with Gasteiger partial charge in [-0.1, -0.05) is 12.1 Å². The lowest BCUT2D eigenvalue weighted by Gasteiger charge is -2.30. The molecule has 1 atom stereocenters. The summed E-state index contributed by atoms with van der Waals surface area (Å²) in [6, 6.07) is 3.88. The van der Waals surface area contributed by atoms with E-state index in [9.17, 15) is 21.6 Å². The van der Waals surface area contributed by atoms with Gasteiger partial charge in [-0.25, -0.2) is 8.42 Å². The SMILES string of the molecule is N[C@H]1CCCN(S(=O)(=O)c2ccccc2C(F)(F)F)C1. The molecule has 0 aromatic heterocycles. The van der Waals surface area contributed by atoms with Crippen LogP contribution in [0.25, 0.3) is 0 Å². The van der Waals surface area contributed by atoms with Crippen LogP contribution in [0.5, 0.6) is 0 Å². The molecule has 1 aromatic rings. The van der Waals surface area contributed by atoms with Crippen molar-refractivity contribution in [2.75, 3.05) is 13.1 Å². The summed E-state index contributed by atoms with van der Waals surface area (Å²) < 4.78 is 64.5. The zero-order chi connectivity index (χ0) is 15.0. The highest BCUT2D eigenvalue weighted by molar-refractivity contribution is 7.89. The number of hydrogen-bond acceptors (Lipinski definition) is 3. The van der Waals surface area contributed by atoms with Crippen LogP contribution in [0.2, 0.25) is 0 Å². The Morgan fingerprint density at radius 2 is 1.90 bits per heavy atom. The lowest BCUT2D eigenvalue weighted by molar-refractivity contribution is -0.139. The first-order valence-electron chi connectivity index (χ1n) is 6.15. The van der Waals surface area contributed by atoms with Crippen molar-refractivity contribution in [2.45, 2.75) is 30.0 Å². The fraction of sp³-hybridized carbons (Fsp3) is 0.500. The van der Waals surface area contributed by atoms with Crippen LogP contribution in [0.3, 0.4) is 0 Å². The number of halogens is 3. The van der Waals surface area contributed by atoms with E-state index in [0.29, 0.717) is 12.8 Å². The maximum Gasteiger partial charge on any atom is 0.417 e. The van der Waals surface area contributed by atoms with E-state index in [0.717, 1.165) is 16.4 Å². The van der Waals surface area contributed by atoms with Gasteiger partial charge in [0.2, 0.25) is 10.0 Å². The lowest BCUT2D eigenvalue weighted by Crippen LogP contribution is -2.45. The molecule has 1 aromatic carbocycles. The van der Waals surface area contributed by atoms with E-state index < -0.39 is 26.7 Å². The number of sulfonamides is 1. The summed E-state index contributed by atoms with van der Waals surface area (Å²) in [5, 5.41) is 0. The van der Waals surface area contributed by atoms with Gasteiger partial charge in [0.05, 0.1) is 10.5 Å². The maximum atomic E-state index is 12.9. The van der Waals surface area contributed by atoms with Crippen LogP contribution in [0.15, 0.2) is 29.2 Å². The van der Waals surface area contributed by atoms with Crippen molar-refractivity contribution in [2.24, 2.45) is 5.73 Å². The first-order valence-corrected chi connectivity index (χ1v) is 7.59. The summed E-state index contributed by atoms with van der Waals surface area (Å²) in [5.74, 6) is 0. The van der Waals surface area contributed by atoms with Crippen molar-refractivity contribution < 1.29 is 21.6 Å². The van der Waals surface area contributed by atoms with Gasteiger partial charge in [-0.15, -0.1) is 0 Å². The molecular formula is C12H15F3N2O2S. The molecule has 0 saturated carbocycles. The molecular weight excluding hydrogens is 293 g/mol.